The molecule has 1 aliphatic heterocycles. The number of ketones is 1. The maximum Gasteiger partial charge on any atom is 0.416 e. The number of benzene rings is 2. The van der Waals surface area contributed by atoms with Gasteiger partial charge in [-0.05, 0) is 41.5 Å². The first-order valence-electron chi connectivity index (χ1n) is 12.5. The van der Waals surface area contributed by atoms with Crippen LogP contribution in [-0.4, -0.2) is 16.0 Å². The van der Waals surface area contributed by atoms with Crippen LogP contribution in [0.3, 0.4) is 0 Å². The summed E-state index contributed by atoms with van der Waals surface area (Å²) in [6.07, 6.45) is -3.53. The number of nitriles is 1. The average molecular weight is 582 g/mol. The van der Waals surface area contributed by atoms with Crippen LogP contribution < -0.4 is 10.6 Å². The first-order valence-corrected chi connectivity index (χ1v) is 14.3. The highest BCUT2D eigenvalue weighted by molar-refractivity contribution is 8.00. The van der Waals surface area contributed by atoms with E-state index in [2.05, 4.69) is 16.3 Å². The van der Waals surface area contributed by atoms with Gasteiger partial charge in [-0.2, -0.15) is 18.4 Å². The fraction of sp³-hybridized carbons (Fsp3) is 0.310. The van der Waals surface area contributed by atoms with Gasteiger partial charge >= 0.3 is 6.18 Å². The number of carbonyl (C=O) groups excluding carboxylic acids is 1. The number of thioether (sulfide) groups is 1. The van der Waals surface area contributed by atoms with Crippen molar-refractivity contribution in [3.63, 3.8) is 0 Å². The van der Waals surface area contributed by atoms with Crippen molar-refractivity contribution in [1.29, 1.82) is 5.26 Å². The molecule has 0 saturated carbocycles. The predicted molar refractivity (Wildman–Crippen MR) is 149 cm³/mol. The highest BCUT2D eigenvalue weighted by Crippen LogP contribution is 2.51. The maximum atomic E-state index is 13.7. The van der Waals surface area contributed by atoms with E-state index in [1.54, 1.807) is 11.0 Å². The van der Waals surface area contributed by atoms with E-state index in [1.807, 2.05) is 45.0 Å². The number of aromatic nitrogens is 2. The number of hydrogen-bond donors (Lipinski definition) is 1. The van der Waals surface area contributed by atoms with Gasteiger partial charge in [0, 0.05) is 23.4 Å². The van der Waals surface area contributed by atoms with E-state index in [-0.39, 0.29) is 28.3 Å². The van der Waals surface area contributed by atoms with Crippen LogP contribution in [0.5, 0.6) is 0 Å². The lowest BCUT2D eigenvalue weighted by Gasteiger charge is -2.42. The van der Waals surface area contributed by atoms with Crippen LogP contribution in [0.4, 0.5) is 18.3 Å². The third-order valence-electron chi connectivity index (χ3n) is 7.08. The lowest BCUT2D eigenvalue weighted by Crippen LogP contribution is -2.42. The summed E-state index contributed by atoms with van der Waals surface area (Å²) >= 11 is 2.48. The van der Waals surface area contributed by atoms with E-state index in [9.17, 15) is 23.2 Å². The minimum absolute atomic E-state index is 0.0339. The normalized spacial score (nSPS) is 19.1. The Kier molecular flexibility index (Phi) is 7.27. The lowest BCUT2D eigenvalue weighted by atomic mass is 9.68. The summed E-state index contributed by atoms with van der Waals surface area (Å²) in [7, 11) is 0. The number of halogens is 3. The molecular weight excluding hydrogens is 555 g/mol. The summed E-state index contributed by atoms with van der Waals surface area (Å²) in [4.78, 5) is 15.3. The van der Waals surface area contributed by atoms with Gasteiger partial charge in [-0.1, -0.05) is 79.4 Å². The molecule has 11 heteroatoms. The van der Waals surface area contributed by atoms with Crippen molar-refractivity contribution in [3.05, 3.63) is 93.4 Å². The molecule has 0 fully saturated rings. The molecule has 40 heavy (non-hydrogen) atoms. The van der Waals surface area contributed by atoms with Gasteiger partial charge in [-0.25, -0.2) is 0 Å². The van der Waals surface area contributed by atoms with Crippen molar-refractivity contribution in [2.45, 2.75) is 55.8 Å². The number of hydrogen-bond acceptors (Lipinski definition) is 8. The number of nitrogens with two attached hydrogens (primary N) is 1. The fourth-order valence-electron chi connectivity index (χ4n) is 5.28. The third kappa shape index (κ3) is 5.25. The van der Waals surface area contributed by atoms with Crippen LogP contribution in [0.15, 0.2) is 75.5 Å². The van der Waals surface area contributed by atoms with Crippen molar-refractivity contribution in [2.75, 3.05) is 4.90 Å². The summed E-state index contributed by atoms with van der Waals surface area (Å²) in [5.41, 5.74) is 9.49. The molecule has 0 amide bonds. The second-order valence-corrected chi connectivity index (χ2v) is 12.9. The van der Waals surface area contributed by atoms with Crippen molar-refractivity contribution >= 4 is 34.0 Å². The Balaban J connectivity index is 1.53. The molecule has 1 atom stereocenters. The zero-order chi connectivity index (χ0) is 28.8. The number of alkyl halides is 3. The quantitative estimate of drug-likeness (QED) is 0.321. The van der Waals surface area contributed by atoms with Crippen molar-refractivity contribution in [1.82, 2.24) is 10.2 Å². The smallest absolute Gasteiger partial charge is 0.384 e. The van der Waals surface area contributed by atoms with E-state index in [0.717, 1.165) is 23.3 Å². The van der Waals surface area contributed by atoms with Crippen LogP contribution in [0.2, 0.25) is 0 Å². The van der Waals surface area contributed by atoms with Crippen LogP contribution in [-0.2, 0) is 16.7 Å². The highest BCUT2D eigenvalue weighted by Gasteiger charge is 2.45. The number of nitrogens with zero attached hydrogens (tertiary/aromatic N) is 4. The molecule has 2 heterocycles. The topological polar surface area (TPSA) is 95.9 Å². The summed E-state index contributed by atoms with van der Waals surface area (Å²) < 4.78 is 39.9. The first kappa shape index (κ1) is 27.9. The van der Waals surface area contributed by atoms with Crippen molar-refractivity contribution in [2.24, 2.45) is 11.1 Å². The maximum absolute atomic E-state index is 13.7. The minimum Gasteiger partial charge on any atom is -0.384 e. The second kappa shape index (κ2) is 10.4. The number of aryl methyl sites for hydroxylation is 1. The van der Waals surface area contributed by atoms with Crippen molar-refractivity contribution < 1.29 is 18.0 Å². The molecule has 1 aliphatic carbocycles. The molecule has 0 radical (unpaired) electrons. The van der Waals surface area contributed by atoms with Gasteiger partial charge in [0.15, 0.2) is 10.1 Å². The standard InChI is InChI=1S/C29H26F3N5OS2/c1-16-7-4-5-10-19(16)23-20(14-33)25(34)37(21-12-28(2,3)13-22(38)24(21)23)26-35-36-27(40-26)39-15-17-8-6-9-18(11-17)29(30,31)32/h4-11,23H,12-13,15,34H2,1-3H3. The Labute approximate surface area is 238 Å². The Morgan fingerprint density at radius 2 is 1.93 bits per heavy atom. The molecule has 2 N–H and O–H groups in total. The van der Waals surface area contributed by atoms with Crippen LogP contribution in [0.1, 0.15) is 54.9 Å². The number of Topliss-reactive ketones (excluding diaryl/α,β-unsaturated/α-hetero) is 1. The fourth-order valence-corrected chi connectivity index (χ4v) is 7.11. The Bertz CT molecular complexity index is 1600. The Morgan fingerprint density at radius 1 is 1.18 bits per heavy atom. The van der Waals surface area contributed by atoms with Gasteiger partial charge in [-0.3, -0.25) is 9.69 Å². The van der Waals surface area contributed by atoms with Crippen LogP contribution in [0.25, 0.3) is 0 Å². The Morgan fingerprint density at radius 3 is 2.62 bits per heavy atom. The lowest BCUT2D eigenvalue weighted by molar-refractivity contribution is -0.137. The van der Waals surface area contributed by atoms with E-state index < -0.39 is 17.7 Å². The SMILES string of the molecule is Cc1ccccc1C1C(C#N)=C(N)N(c2nnc(SCc3cccc(C(F)(F)F)c3)s2)C2=C1C(=O)CC(C)(C)C2. The molecule has 206 valence electrons. The highest BCUT2D eigenvalue weighted by atomic mass is 32.2. The first-order chi connectivity index (χ1) is 18.9. The molecule has 1 unspecified atom stereocenters. The van der Waals surface area contributed by atoms with E-state index >= 15 is 0 Å². The molecule has 2 aliphatic rings. The molecular formula is C29H26F3N5OS2. The van der Waals surface area contributed by atoms with Gasteiger partial charge in [0.2, 0.25) is 5.13 Å². The molecule has 3 aromatic rings. The molecule has 1 aromatic heterocycles. The van der Waals surface area contributed by atoms with Gasteiger partial charge < -0.3 is 5.73 Å². The van der Waals surface area contributed by atoms with Crippen LogP contribution in [0, 0.1) is 23.7 Å². The van der Waals surface area contributed by atoms with Gasteiger partial charge in [-0.15, -0.1) is 10.2 Å². The van der Waals surface area contributed by atoms with Crippen LogP contribution >= 0.6 is 23.1 Å². The molecule has 0 spiro atoms. The minimum atomic E-state index is -4.42. The number of allylic oxidation sites excluding steroid dienone is 3. The summed E-state index contributed by atoms with van der Waals surface area (Å²) in [6.45, 7) is 5.99. The third-order valence-corrected chi connectivity index (χ3v) is 9.20. The molecule has 2 aromatic carbocycles. The molecule has 5 rings (SSSR count). The predicted octanol–water partition coefficient (Wildman–Crippen LogP) is 7.10. The number of carbonyl (C=O) groups is 1. The number of rotatable bonds is 5. The zero-order valence-electron chi connectivity index (χ0n) is 22.0. The van der Waals surface area contributed by atoms with Gasteiger partial charge in [0.1, 0.15) is 5.82 Å². The molecule has 0 bridgehead atoms. The monoisotopic (exact) mass is 581 g/mol. The average Bonchev–Trinajstić information content (AvgIpc) is 3.34. The summed E-state index contributed by atoms with van der Waals surface area (Å²) in [6, 6.07) is 15.1. The Hall–Kier alpha value is -3.62. The molecule has 0 saturated heterocycles. The largest absolute Gasteiger partial charge is 0.416 e. The number of anilines is 1. The summed E-state index contributed by atoms with van der Waals surface area (Å²) in [5, 5.41) is 19.2. The summed E-state index contributed by atoms with van der Waals surface area (Å²) in [5.74, 6) is -0.148. The zero-order valence-corrected chi connectivity index (χ0v) is 23.7. The van der Waals surface area contributed by atoms with E-state index in [0.29, 0.717) is 39.1 Å². The second-order valence-electron chi connectivity index (χ2n) is 10.7. The van der Waals surface area contributed by atoms with Crippen molar-refractivity contribution in [3.8, 4) is 6.07 Å². The van der Waals surface area contributed by atoms with Gasteiger partial charge in [0.25, 0.3) is 0 Å². The molecule has 6 nitrogen and oxygen atoms in total. The van der Waals surface area contributed by atoms with E-state index in [4.69, 9.17) is 5.73 Å². The van der Waals surface area contributed by atoms with E-state index in [1.165, 1.54) is 29.2 Å². The van der Waals surface area contributed by atoms with Gasteiger partial charge in [0.05, 0.1) is 23.1 Å².